The summed E-state index contributed by atoms with van der Waals surface area (Å²) in [7, 11) is -3.09. The molecule has 1 amide bonds. The minimum atomic E-state index is -3.09. The van der Waals surface area contributed by atoms with Gasteiger partial charge in [0, 0.05) is 17.8 Å². The van der Waals surface area contributed by atoms with Crippen molar-refractivity contribution < 1.29 is 17.6 Å². The van der Waals surface area contributed by atoms with Crippen molar-refractivity contribution in [3.8, 4) is 0 Å². The monoisotopic (exact) mass is 286 g/mol. The number of nitrogens with two attached hydrogens (primary N) is 1. The molecule has 1 fully saturated rings. The maximum Gasteiger partial charge on any atom is 0.251 e. The van der Waals surface area contributed by atoms with E-state index in [-0.39, 0.29) is 23.5 Å². The first-order valence-corrected chi connectivity index (χ1v) is 7.66. The predicted molar refractivity (Wildman–Crippen MR) is 70.0 cm³/mol. The third-order valence-electron chi connectivity index (χ3n) is 3.14. The highest BCUT2D eigenvalue weighted by Gasteiger charge is 2.31. The second-order valence-electron chi connectivity index (χ2n) is 4.61. The van der Waals surface area contributed by atoms with Crippen LogP contribution in [0.25, 0.3) is 0 Å². The van der Waals surface area contributed by atoms with Crippen molar-refractivity contribution in [2.45, 2.75) is 18.1 Å². The summed E-state index contributed by atoms with van der Waals surface area (Å²) in [5, 5.41) is 1.97. The average molecular weight is 286 g/mol. The Hall–Kier alpha value is -1.63. The van der Waals surface area contributed by atoms with Crippen molar-refractivity contribution >= 4 is 21.4 Å². The Balaban J connectivity index is 2.02. The van der Waals surface area contributed by atoms with E-state index >= 15 is 0 Å². The van der Waals surface area contributed by atoms with Crippen LogP contribution < -0.4 is 11.1 Å². The Morgan fingerprint density at radius 2 is 2.16 bits per heavy atom. The van der Waals surface area contributed by atoms with E-state index in [0.29, 0.717) is 12.8 Å². The Morgan fingerprint density at radius 1 is 1.42 bits per heavy atom. The normalized spacial score (nSPS) is 21.2. The van der Waals surface area contributed by atoms with Crippen LogP contribution in [0.3, 0.4) is 0 Å². The fraction of sp³-hybridized carbons (Fsp3) is 0.417. The summed E-state index contributed by atoms with van der Waals surface area (Å²) in [5.74, 6) is -0.951. The number of hydrogen-bond donors (Lipinski definition) is 2. The lowest BCUT2D eigenvalue weighted by molar-refractivity contribution is 0.0953. The molecule has 0 aromatic heterocycles. The molecule has 1 saturated heterocycles. The van der Waals surface area contributed by atoms with E-state index in [9.17, 15) is 17.6 Å². The van der Waals surface area contributed by atoms with Gasteiger partial charge in [0.25, 0.3) is 5.91 Å². The molecule has 0 aliphatic carbocycles. The summed E-state index contributed by atoms with van der Waals surface area (Å²) in [5.41, 5.74) is 5.68. The van der Waals surface area contributed by atoms with Gasteiger partial charge in [0.05, 0.1) is 11.0 Å². The number of nitrogens with one attached hydrogen (secondary N) is 1. The van der Waals surface area contributed by atoms with Crippen LogP contribution in [0.4, 0.5) is 10.1 Å². The maximum atomic E-state index is 13.1. The van der Waals surface area contributed by atoms with Gasteiger partial charge in [-0.05, 0) is 31.0 Å². The molecule has 0 saturated carbocycles. The van der Waals surface area contributed by atoms with Gasteiger partial charge in [-0.25, -0.2) is 12.8 Å². The Labute approximate surface area is 110 Å². The van der Waals surface area contributed by atoms with Crippen molar-refractivity contribution in [3.05, 3.63) is 29.6 Å². The molecular weight excluding hydrogens is 271 g/mol. The lowest BCUT2D eigenvalue weighted by Gasteiger charge is -2.11. The molecule has 1 aliphatic heterocycles. The molecule has 0 bridgehead atoms. The van der Waals surface area contributed by atoms with Gasteiger partial charge in [0.15, 0.2) is 9.84 Å². The lowest BCUT2D eigenvalue weighted by Crippen LogP contribution is -2.34. The molecule has 0 spiro atoms. The minimum Gasteiger partial charge on any atom is -0.399 e. The van der Waals surface area contributed by atoms with Crippen LogP contribution in [0, 0.1) is 5.82 Å². The minimum absolute atomic E-state index is 0.0532. The standard InChI is InChI=1S/C12H15FN2O3S/c13-9-4-8(5-10(14)6-9)12(16)15-7-11-2-1-3-19(11,17)18/h4-6,11H,1-3,7,14H2,(H,15,16). The molecule has 104 valence electrons. The van der Waals surface area contributed by atoms with E-state index in [1.165, 1.54) is 6.07 Å². The molecule has 1 aliphatic rings. The predicted octanol–water partition coefficient (Wildman–Crippen LogP) is 0.715. The summed E-state index contributed by atoms with van der Waals surface area (Å²) in [4.78, 5) is 11.8. The smallest absolute Gasteiger partial charge is 0.251 e. The van der Waals surface area contributed by atoms with Gasteiger partial charge in [-0.15, -0.1) is 0 Å². The van der Waals surface area contributed by atoms with E-state index in [1.54, 1.807) is 0 Å². The molecule has 1 atom stereocenters. The second-order valence-corrected chi connectivity index (χ2v) is 7.02. The van der Waals surface area contributed by atoms with Gasteiger partial charge in [0.2, 0.25) is 0 Å². The van der Waals surface area contributed by atoms with Crippen LogP contribution in [0.15, 0.2) is 18.2 Å². The molecule has 19 heavy (non-hydrogen) atoms. The molecule has 7 heteroatoms. The van der Waals surface area contributed by atoms with Crippen LogP contribution in [-0.2, 0) is 9.84 Å². The van der Waals surface area contributed by atoms with E-state index in [0.717, 1.165) is 12.1 Å². The SMILES string of the molecule is Nc1cc(F)cc(C(=O)NCC2CCCS2(=O)=O)c1. The first-order valence-electron chi connectivity index (χ1n) is 5.94. The van der Waals surface area contributed by atoms with Gasteiger partial charge >= 0.3 is 0 Å². The van der Waals surface area contributed by atoms with Crippen molar-refractivity contribution in [1.82, 2.24) is 5.32 Å². The van der Waals surface area contributed by atoms with Gasteiger partial charge in [0.1, 0.15) is 5.82 Å². The molecule has 5 nitrogen and oxygen atoms in total. The summed E-state index contributed by atoms with van der Waals surface area (Å²) in [6.45, 7) is 0.0532. The van der Waals surface area contributed by atoms with E-state index < -0.39 is 26.8 Å². The number of carbonyl (C=O) groups is 1. The third-order valence-corrected chi connectivity index (χ3v) is 5.41. The number of benzene rings is 1. The largest absolute Gasteiger partial charge is 0.399 e. The number of sulfone groups is 1. The summed E-state index contributed by atoms with van der Waals surface area (Å²) in [6.07, 6.45) is 1.17. The highest BCUT2D eigenvalue weighted by Crippen LogP contribution is 2.19. The van der Waals surface area contributed by atoms with Crippen molar-refractivity contribution in [3.63, 3.8) is 0 Å². The van der Waals surface area contributed by atoms with E-state index in [2.05, 4.69) is 5.32 Å². The zero-order valence-corrected chi connectivity index (χ0v) is 11.0. The van der Waals surface area contributed by atoms with Gasteiger partial charge in [-0.2, -0.15) is 0 Å². The molecule has 3 N–H and O–H groups in total. The van der Waals surface area contributed by atoms with Crippen LogP contribution in [0.2, 0.25) is 0 Å². The molecular formula is C12H15FN2O3S. The van der Waals surface area contributed by atoms with E-state index in [1.807, 2.05) is 0 Å². The third kappa shape index (κ3) is 3.23. The first kappa shape index (κ1) is 13.8. The van der Waals surface area contributed by atoms with Crippen molar-refractivity contribution in [2.75, 3.05) is 18.0 Å². The maximum absolute atomic E-state index is 13.1. The molecule has 1 heterocycles. The van der Waals surface area contributed by atoms with Gasteiger partial charge in [-0.3, -0.25) is 4.79 Å². The van der Waals surface area contributed by atoms with Crippen molar-refractivity contribution in [2.24, 2.45) is 0 Å². The van der Waals surface area contributed by atoms with E-state index in [4.69, 9.17) is 5.73 Å². The van der Waals surface area contributed by atoms with Crippen LogP contribution in [0.5, 0.6) is 0 Å². The quantitative estimate of drug-likeness (QED) is 0.801. The number of amides is 1. The number of anilines is 1. The Kier molecular flexibility index (Phi) is 3.75. The highest BCUT2D eigenvalue weighted by atomic mass is 32.2. The first-order chi connectivity index (χ1) is 8.88. The zero-order chi connectivity index (χ0) is 14.0. The van der Waals surface area contributed by atoms with Crippen LogP contribution in [0.1, 0.15) is 23.2 Å². The lowest BCUT2D eigenvalue weighted by atomic mass is 10.1. The highest BCUT2D eigenvalue weighted by molar-refractivity contribution is 7.92. The Morgan fingerprint density at radius 3 is 2.74 bits per heavy atom. The Bertz CT molecular complexity index is 581. The summed E-state index contributed by atoms with van der Waals surface area (Å²) < 4.78 is 36.3. The number of nitrogen functional groups attached to an aromatic ring is 1. The fourth-order valence-corrected chi connectivity index (χ4v) is 3.90. The van der Waals surface area contributed by atoms with Gasteiger partial charge in [-0.1, -0.05) is 0 Å². The number of rotatable bonds is 3. The van der Waals surface area contributed by atoms with Crippen LogP contribution >= 0.6 is 0 Å². The number of halogens is 1. The molecule has 0 radical (unpaired) electrons. The van der Waals surface area contributed by atoms with Crippen molar-refractivity contribution in [1.29, 1.82) is 0 Å². The molecule has 1 unspecified atom stereocenters. The fourth-order valence-electron chi connectivity index (χ4n) is 2.14. The number of hydrogen-bond acceptors (Lipinski definition) is 4. The van der Waals surface area contributed by atoms with Crippen LogP contribution in [-0.4, -0.2) is 31.9 Å². The average Bonchev–Trinajstić information content (AvgIpc) is 2.64. The zero-order valence-electron chi connectivity index (χ0n) is 10.2. The summed E-state index contributed by atoms with van der Waals surface area (Å²) >= 11 is 0. The van der Waals surface area contributed by atoms with Gasteiger partial charge < -0.3 is 11.1 Å². The topological polar surface area (TPSA) is 89.3 Å². The molecule has 2 rings (SSSR count). The second kappa shape index (κ2) is 5.16. The number of carbonyl (C=O) groups excluding carboxylic acids is 1. The molecule has 1 aromatic rings. The molecule has 1 aromatic carbocycles. The summed E-state index contributed by atoms with van der Waals surface area (Å²) in [6, 6.07) is 3.52.